The SMILES string of the molecule is CCC[C@@H](C#N)NC(=O)c1scnc1C. The van der Waals surface area contributed by atoms with Crippen LogP contribution in [0.3, 0.4) is 0 Å². The first-order valence-electron chi connectivity index (χ1n) is 4.79. The van der Waals surface area contributed by atoms with Crippen molar-refractivity contribution in [2.75, 3.05) is 0 Å². The highest BCUT2D eigenvalue weighted by molar-refractivity contribution is 7.11. The third-order valence-corrected chi connectivity index (χ3v) is 2.92. The Balaban J connectivity index is 2.64. The van der Waals surface area contributed by atoms with Crippen LogP contribution >= 0.6 is 11.3 Å². The summed E-state index contributed by atoms with van der Waals surface area (Å²) in [5, 5.41) is 11.5. The van der Waals surface area contributed by atoms with Gasteiger partial charge in [-0.15, -0.1) is 11.3 Å². The van der Waals surface area contributed by atoms with Crippen molar-refractivity contribution in [3.05, 3.63) is 16.1 Å². The van der Waals surface area contributed by atoms with Gasteiger partial charge in [-0.3, -0.25) is 4.79 Å². The number of aryl methyl sites for hydroxylation is 1. The molecule has 5 heteroatoms. The van der Waals surface area contributed by atoms with Crippen LogP contribution in [0.4, 0.5) is 0 Å². The normalized spacial score (nSPS) is 11.8. The van der Waals surface area contributed by atoms with Crippen LogP contribution in [0.2, 0.25) is 0 Å². The van der Waals surface area contributed by atoms with Gasteiger partial charge in [-0.05, 0) is 13.3 Å². The zero-order chi connectivity index (χ0) is 11.3. The lowest BCUT2D eigenvalue weighted by Crippen LogP contribution is -2.33. The van der Waals surface area contributed by atoms with E-state index in [0.717, 1.165) is 6.42 Å². The summed E-state index contributed by atoms with van der Waals surface area (Å²) in [4.78, 5) is 16.3. The summed E-state index contributed by atoms with van der Waals surface area (Å²) < 4.78 is 0. The maximum atomic E-state index is 11.7. The third-order valence-electron chi connectivity index (χ3n) is 1.99. The highest BCUT2D eigenvalue weighted by Gasteiger charge is 2.15. The van der Waals surface area contributed by atoms with E-state index in [1.54, 1.807) is 12.4 Å². The molecule has 0 bridgehead atoms. The molecular formula is C10H13N3OS. The fourth-order valence-electron chi connectivity index (χ4n) is 1.20. The molecule has 1 amide bonds. The number of hydrogen-bond donors (Lipinski definition) is 1. The highest BCUT2D eigenvalue weighted by Crippen LogP contribution is 2.12. The Kier molecular flexibility index (Phi) is 4.25. The van der Waals surface area contributed by atoms with Gasteiger partial charge in [0.25, 0.3) is 5.91 Å². The van der Waals surface area contributed by atoms with E-state index in [-0.39, 0.29) is 5.91 Å². The maximum Gasteiger partial charge on any atom is 0.264 e. The van der Waals surface area contributed by atoms with Gasteiger partial charge in [0, 0.05) is 0 Å². The van der Waals surface area contributed by atoms with Gasteiger partial charge in [0.2, 0.25) is 0 Å². The summed E-state index contributed by atoms with van der Waals surface area (Å²) >= 11 is 1.30. The molecule has 0 saturated carbocycles. The molecule has 1 aromatic rings. The number of amides is 1. The lowest BCUT2D eigenvalue weighted by atomic mass is 10.2. The molecule has 15 heavy (non-hydrogen) atoms. The first-order chi connectivity index (χ1) is 7.19. The summed E-state index contributed by atoms with van der Waals surface area (Å²) in [6, 6.07) is 1.67. The van der Waals surface area contributed by atoms with Crippen LogP contribution in [0, 0.1) is 18.3 Å². The fraction of sp³-hybridized carbons (Fsp3) is 0.500. The predicted octanol–water partition coefficient (Wildman–Crippen LogP) is 1.87. The van der Waals surface area contributed by atoms with Crippen molar-refractivity contribution < 1.29 is 4.79 Å². The molecule has 1 N–H and O–H groups in total. The van der Waals surface area contributed by atoms with E-state index in [1.807, 2.05) is 6.92 Å². The molecule has 4 nitrogen and oxygen atoms in total. The maximum absolute atomic E-state index is 11.7. The molecule has 1 heterocycles. The van der Waals surface area contributed by atoms with Crippen molar-refractivity contribution in [1.29, 1.82) is 5.26 Å². The van der Waals surface area contributed by atoms with E-state index in [1.165, 1.54) is 11.3 Å². The third kappa shape index (κ3) is 3.03. The van der Waals surface area contributed by atoms with Crippen LogP contribution in [0.25, 0.3) is 0 Å². The van der Waals surface area contributed by atoms with Crippen molar-refractivity contribution in [1.82, 2.24) is 10.3 Å². The Morgan fingerprint density at radius 2 is 2.53 bits per heavy atom. The zero-order valence-corrected chi connectivity index (χ0v) is 9.60. The van der Waals surface area contributed by atoms with Crippen molar-refractivity contribution in [2.45, 2.75) is 32.7 Å². The van der Waals surface area contributed by atoms with Crippen LogP contribution in [0.5, 0.6) is 0 Å². The monoisotopic (exact) mass is 223 g/mol. The van der Waals surface area contributed by atoms with Crippen LogP contribution in [0.1, 0.15) is 35.1 Å². The van der Waals surface area contributed by atoms with Crippen LogP contribution in [-0.4, -0.2) is 16.9 Å². The fourth-order valence-corrected chi connectivity index (χ4v) is 1.91. The molecular weight excluding hydrogens is 210 g/mol. The highest BCUT2D eigenvalue weighted by atomic mass is 32.1. The number of carbonyl (C=O) groups excluding carboxylic acids is 1. The van der Waals surface area contributed by atoms with Crippen molar-refractivity contribution in [3.63, 3.8) is 0 Å². The number of aromatic nitrogens is 1. The molecule has 0 fully saturated rings. The molecule has 0 unspecified atom stereocenters. The number of rotatable bonds is 4. The van der Waals surface area contributed by atoms with E-state index >= 15 is 0 Å². The minimum absolute atomic E-state index is 0.199. The first kappa shape index (κ1) is 11.7. The summed E-state index contributed by atoms with van der Waals surface area (Å²) in [5.41, 5.74) is 2.34. The van der Waals surface area contributed by atoms with Gasteiger partial charge < -0.3 is 5.32 Å². The standard InChI is InChI=1S/C10H13N3OS/c1-3-4-8(5-11)13-10(14)9-7(2)12-6-15-9/h6,8H,3-4H2,1-2H3,(H,13,14)/t8-/m0/s1. The average Bonchev–Trinajstić information content (AvgIpc) is 2.63. The molecule has 0 saturated heterocycles. The Bertz CT molecular complexity index is 380. The molecule has 0 aromatic carbocycles. The Morgan fingerprint density at radius 1 is 1.80 bits per heavy atom. The van der Waals surface area contributed by atoms with Crippen LogP contribution in [0.15, 0.2) is 5.51 Å². The molecule has 0 radical (unpaired) electrons. The number of hydrogen-bond acceptors (Lipinski definition) is 4. The Labute approximate surface area is 92.9 Å². The molecule has 1 atom stereocenters. The van der Waals surface area contributed by atoms with Crippen molar-refractivity contribution in [3.8, 4) is 6.07 Å². The average molecular weight is 223 g/mol. The second kappa shape index (κ2) is 5.47. The van der Waals surface area contributed by atoms with Gasteiger partial charge >= 0.3 is 0 Å². The Morgan fingerprint density at radius 3 is 3.00 bits per heavy atom. The first-order valence-corrected chi connectivity index (χ1v) is 5.67. The molecule has 1 rings (SSSR count). The van der Waals surface area contributed by atoms with Crippen molar-refractivity contribution >= 4 is 17.2 Å². The zero-order valence-electron chi connectivity index (χ0n) is 8.78. The van der Waals surface area contributed by atoms with Gasteiger partial charge in [-0.2, -0.15) is 5.26 Å². The molecule has 0 aliphatic rings. The quantitative estimate of drug-likeness (QED) is 0.847. The van der Waals surface area contributed by atoms with Crippen LogP contribution in [-0.2, 0) is 0 Å². The largest absolute Gasteiger partial charge is 0.336 e. The summed E-state index contributed by atoms with van der Waals surface area (Å²) in [6.45, 7) is 3.76. The second-order valence-electron chi connectivity index (χ2n) is 3.21. The van der Waals surface area contributed by atoms with E-state index in [9.17, 15) is 4.79 Å². The van der Waals surface area contributed by atoms with Crippen LogP contribution < -0.4 is 5.32 Å². The predicted molar refractivity (Wildman–Crippen MR) is 58.6 cm³/mol. The van der Waals surface area contributed by atoms with Gasteiger partial charge in [-0.25, -0.2) is 4.98 Å². The molecule has 1 aromatic heterocycles. The lowest BCUT2D eigenvalue weighted by Gasteiger charge is -2.09. The smallest absolute Gasteiger partial charge is 0.264 e. The van der Waals surface area contributed by atoms with Gasteiger partial charge in [-0.1, -0.05) is 13.3 Å². The minimum atomic E-state index is -0.399. The number of carbonyl (C=O) groups is 1. The van der Waals surface area contributed by atoms with Gasteiger partial charge in [0.1, 0.15) is 10.9 Å². The number of nitriles is 1. The molecule has 0 aliphatic heterocycles. The summed E-state index contributed by atoms with van der Waals surface area (Å²) in [6.07, 6.45) is 1.56. The molecule has 0 aliphatic carbocycles. The van der Waals surface area contributed by atoms with E-state index in [0.29, 0.717) is 17.0 Å². The topological polar surface area (TPSA) is 65.8 Å². The number of thiazole rings is 1. The number of nitrogens with zero attached hydrogens (tertiary/aromatic N) is 2. The minimum Gasteiger partial charge on any atom is -0.336 e. The van der Waals surface area contributed by atoms with Gasteiger partial charge in [0.05, 0.1) is 17.3 Å². The van der Waals surface area contributed by atoms with Crippen molar-refractivity contribution in [2.24, 2.45) is 0 Å². The molecule has 80 valence electrons. The van der Waals surface area contributed by atoms with Gasteiger partial charge in [0.15, 0.2) is 0 Å². The van der Waals surface area contributed by atoms with E-state index < -0.39 is 6.04 Å². The second-order valence-corrected chi connectivity index (χ2v) is 4.07. The lowest BCUT2D eigenvalue weighted by molar-refractivity contribution is 0.0947. The Hall–Kier alpha value is -1.41. The summed E-state index contributed by atoms with van der Waals surface area (Å²) in [7, 11) is 0. The summed E-state index contributed by atoms with van der Waals surface area (Å²) in [5.74, 6) is -0.199. The molecule has 0 spiro atoms. The number of nitrogens with one attached hydrogen (secondary N) is 1. The van der Waals surface area contributed by atoms with E-state index in [2.05, 4.69) is 16.4 Å². The van der Waals surface area contributed by atoms with E-state index in [4.69, 9.17) is 5.26 Å².